The first-order valence-corrected chi connectivity index (χ1v) is 6.83. The summed E-state index contributed by atoms with van der Waals surface area (Å²) in [6, 6.07) is 6.73. The molecule has 0 aliphatic carbocycles. The number of anilines is 1. The highest BCUT2D eigenvalue weighted by atomic mass is 79.9. The summed E-state index contributed by atoms with van der Waals surface area (Å²) in [5.74, 6) is -0.0707. The zero-order valence-corrected chi connectivity index (χ0v) is 12.1. The second kappa shape index (κ2) is 4.80. The quantitative estimate of drug-likeness (QED) is 0.659. The Morgan fingerprint density at radius 2 is 2.06 bits per heavy atom. The number of hydrogen-bond donors (Lipinski definition) is 1. The predicted molar refractivity (Wildman–Crippen MR) is 76.1 cm³/mol. The van der Waals surface area contributed by atoms with Crippen LogP contribution in [0.5, 0.6) is 0 Å². The Balaban J connectivity index is 2.47. The molecule has 5 heteroatoms. The second-order valence-corrected chi connectivity index (χ2v) is 6.65. The van der Waals surface area contributed by atoms with Gasteiger partial charge in [0.1, 0.15) is 0 Å². The molecule has 0 atom stereocenters. The highest BCUT2D eigenvalue weighted by Gasteiger charge is 2.16. The molecule has 0 radical (unpaired) electrons. The summed E-state index contributed by atoms with van der Waals surface area (Å²) in [5, 5.41) is 0.530. The summed E-state index contributed by atoms with van der Waals surface area (Å²) in [7, 11) is 0. The number of nitrogen functional groups attached to an aromatic ring is 1. The second-order valence-electron chi connectivity index (χ2n) is 3.58. The molecular formula is C12H9BrClNOS. The summed E-state index contributed by atoms with van der Waals surface area (Å²) in [6.45, 7) is 1.91. The average molecular weight is 331 g/mol. The third-order valence-corrected chi connectivity index (χ3v) is 4.18. The Bertz CT molecular complexity index is 594. The Hall–Kier alpha value is -0.840. The van der Waals surface area contributed by atoms with Gasteiger partial charge in [-0.05, 0) is 47.1 Å². The summed E-state index contributed by atoms with van der Waals surface area (Å²) in [5.41, 5.74) is 7.38. The van der Waals surface area contributed by atoms with Gasteiger partial charge in [-0.1, -0.05) is 11.6 Å². The van der Waals surface area contributed by atoms with Crippen LogP contribution in [0.25, 0.3) is 0 Å². The number of ketones is 1. The molecule has 2 aromatic rings. The van der Waals surface area contributed by atoms with Crippen molar-refractivity contribution in [2.45, 2.75) is 6.92 Å². The SMILES string of the molecule is Cc1sc(Br)cc1C(=O)c1ccc(Cl)cc1N. The molecule has 0 fully saturated rings. The van der Waals surface area contributed by atoms with Crippen LogP contribution in [0.4, 0.5) is 5.69 Å². The highest BCUT2D eigenvalue weighted by molar-refractivity contribution is 9.11. The van der Waals surface area contributed by atoms with Crippen LogP contribution in [0.3, 0.4) is 0 Å². The monoisotopic (exact) mass is 329 g/mol. The van der Waals surface area contributed by atoms with Gasteiger partial charge in [0.05, 0.1) is 3.79 Å². The van der Waals surface area contributed by atoms with Crippen molar-refractivity contribution in [3.63, 3.8) is 0 Å². The first kappa shape index (κ1) is 12.6. The van der Waals surface area contributed by atoms with Crippen molar-refractivity contribution in [3.8, 4) is 0 Å². The molecule has 1 heterocycles. The fraction of sp³-hybridized carbons (Fsp3) is 0.0833. The molecule has 0 saturated heterocycles. The van der Waals surface area contributed by atoms with E-state index in [2.05, 4.69) is 15.9 Å². The third-order valence-electron chi connectivity index (χ3n) is 2.39. The van der Waals surface area contributed by atoms with E-state index < -0.39 is 0 Å². The van der Waals surface area contributed by atoms with Gasteiger partial charge in [-0.2, -0.15) is 0 Å². The number of thiophene rings is 1. The number of carbonyl (C=O) groups excluding carboxylic acids is 1. The van der Waals surface area contributed by atoms with Crippen molar-refractivity contribution in [1.82, 2.24) is 0 Å². The number of aryl methyl sites for hydroxylation is 1. The number of carbonyl (C=O) groups is 1. The normalized spacial score (nSPS) is 10.5. The fourth-order valence-electron chi connectivity index (χ4n) is 1.56. The molecule has 88 valence electrons. The van der Waals surface area contributed by atoms with E-state index in [0.717, 1.165) is 8.66 Å². The van der Waals surface area contributed by atoms with Crippen LogP contribution < -0.4 is 5.73 Å². The standard InChI is InChI=1S/C12H9BrClNOS/c1-6-9(5-11(13)17-6)12(16)8-3-2-7(14)4-10(8)15/h2-5H,15H2,1H3. The molecule has 1 aromatic heterocycles. The minimum atomic E-state index is -0.0707. The highest BCUT2D eigenvalue weighted by Crippen LogP contribution is 2.29. The van der Waals surface area contributed by atoms with E-state index in [9.17, 15) is 4.79 Å². The van der Waals surface area contributed by atoms with Crippen molar-refractivity contribution < 1.29 is 4.79 Å². The molecule has 0 bridgehead atoms. The zero-order chi connectivity index (χ0) is 12.6. The maximum atomic E-state index is 12.3. The lowest BCUT2D eigenvalue weighted by Gasteiger charge is -2.04. The van der Waals surface area contributed by atoms with E-state index in [1.54, 1.807) is 18.2 Å². The Kier molecular flexibility index (Phi) is 3.56. The number of rotatable bonds is 2. The van der Waals surface area contributed by atoms with Crippen molar-refractivity contribution in [2.24, 2.45) is 0 Å². The van der Waals surface area contributed by atoms with E-state index >= 15 is 0 Å². The topological polar surface area (TPSA) is 43.1 Å². The van der Waals surface area contributed by atoms with Gasteiger partial charge in [-0.25, -0.2) is 0 Å². The van der Waals surface area contributed by atoms with Gasteiger partial charge in [0.15, 0.2) is 5.78 Å². The Labute approximate surface area is 117 Å². The number of benzene rings is 1. The number of halogens is 2. The Morgan fingerprint density at radius 1 is 1.35 bits per heavy atom. The van der Waals surface area contributed by atoms with Gasteiger partial charge in [-0.15, -0.1) is 11.3 Å². The molecule has 0 spiro atoms. The minimum Gasteiger partial charge on any atom is -0.398 e. The van der Waals surface area contributed by atoms with E-state index in [4.69, 9.17) is 17.3 Å². The summed E-state index contributed by atoms with van der Waals surface area (Å²) in [6.07, 6.45) is 0. The molecule has 1 aromatic carbocycles. The molecule has 2 nitrogen and oxygen atoms in total. The minimum absolute atomic E-state index is 0.0707. The van der Waals surface area contributed by atoms with Crippen molar-refractivity contribution >= 4 is 50.3 Å². The summed E-state index contributed by atoms with van der Waals surface area (Å²) in [4.78, 5) is 13.2. The Morgan fingerprint density at radius 3 is 2.59 bits per heavy atom. The maximum absolute atomic E-state index is 12.3. The first-order chi connectivity index (χ1) is 7.99. The lowest BCUT2D eigenvalue weighted by molar-refractivity contribution is 0.103. The first-order valence-electron chi connectivity index (χ1n) is 4.84. The van der Waals surface area contributed by atoms with Gasteiger partial charge < -0.3 is 5.73 Å². The van der Waals surface area contributed by atoms with E-state index in [0.29, 0.717) is 21.8 Å². The summed E-state index contributed by atoms with van der Waals surface area (Å²) < 4.78 is 0.936. The van der Waals surface area contributed by atoms with Gasteiger partial charge in [0.2, 0.25) is 0 Å². The van der Waals surface area contributed by atoms with Gasteiger partial charge in [-0.3, -0.25) is 4.79 Å². The molecule has 2 N–H and O–H groups in total. The molecule has 17 heavy (non-hydrogen) atoms. The van der Waals surface area contributed by atoms with Crippen LogP contribution in [0, 0.1) is 6.92 Å². The molecule has 0 unspecified atom stereocenters. The van der Waals surface area contributed by atoms with Gasteiger partial charge in [0, 0.05) is 26.7 Å². The molecule has 0 amide bonds. The number of hydrogen-bond acceptors (Lipinski definition) is 3. The van der Waals surface area contributed by atoms with Crippen molar-refractivity contribution in [1.29, 1.82) is 0 Å². The zero-order valence-electron chi connectivity index (χ0n) is 8.96. The van der Waals surface area contributed by atoms with Crippen LogP contribution in [0.1, 0.15) is 20.8 Å². The van der Waals surface area contributed by atoms with Gasteiger partial charge >= 0.3 is 0 Å². The number of nitrogens with two attached hydrogens (primary N) is 1. The average Bonchev–Trinajstić information content (AvgIpc) is 2.57. The van der Waals surface area contributed by atoms with Crippen LogP contribution in [-0.2, 0) is 0 Å². The summed E-state index contributed by atoms with van der Waals surface area (Å²) >= 11 is 10.7. The van der Waals surface area contributed by atoms with E-state index in [1.807, 2.05) is 13.0 Å². The molecule has 2 rings (SSSR count). The van der Waals surface area contributed by atoms with Crippen LogP contribution in [-0.4, -0.2) is 5.78 Å². The van der Waals surface area contributed by atoms with Crippen molar-refractivity contribution in [3.05, 3.63) is 49.1 Å². The van der Waals surface area contributed by atoms with E-state index in [1.165, 1.54) is 11.3 Å². The van der Waals surface area contributed by atoms with E-state index in [-0.39, 0.29) is 5.78 Å². The van der Waals surface area contributed by atoms with Crippen LogP contribution in [0.2, 0.25) is 5.02 Å². The van der Waals surface area contributed by atoms with Crippen LogP contribution in [0.15, 0.2) is 28.1 Å². The molecular weight excluding hydrogens is 322 g/mol. The van der Waals surface area contributed by atoms with Crippen molar-refractivity contribution in [2.75, 3.05) is 5.73 Å². The van der Waals surface area contributed by atoms with Gasteiger partial charge in [0.25, 0.3) is 0 Å². The molecule has 0 aliphatic heterocycles. The lowest BCUT2D eigenvalue weighted by atomic mass is 10.0. The molecule has 0 aliphatic rings. The van der Waals surface area contributed by atoms with Crippen LogP contribution >= 0.6 is 38.9 Å². The smallest absolute Gasteiger partial charge is 0.196 e. The lowest BCUT2D eigenvalue weighted by Crippen LogP contribution is -2.05. The molecule has 0 saturated carbocycles. The predicted octanol–water partition coefficient (Wildman–Crippen LogP) is 4.29. The largest absolute Gasteiger partial charge is 0.398 e. The third kappa shape index (κ3) is 2.54. The maximum Gasteiger partial charge on any atom is 0.196 e. The fourth-order valence-corrected chi connectivity index (χ4v) is 3.43.